The summed E-state index contributed by atoms with van der Waals surface area (Å²) in [7, 11) is 1.80. The van der Waals surface area contributed by atoms with Crippen molar-refractivity contribution in [3.05, 3.63) is 47.2 Å². The number of likely N-dealkylation sites (tertiary alicyclic amines) is 1. The van der Waals surface area contributed by atoms with Crippen LogP contribution in [0.2, 0.25) is 0 Å². The molecule has 170 valence electrons. The fourth-order valence-electron chi connectivity index (χ4n) is 4.35. The lowest BCUT2D eigenvalue weighted by Crippen LogP contribution is -2.41. The van der Waals surface area contributed by atoms with E-state index in [9.17, 15) is 14.0 Å². The summed E-state index contributed by atoms with van der Waals surface area (Å²) in [6, 6.07) is 5.48. The summed E-state index contributed by atoms with van der Waals surface area (Å²) in [5.41, 5.74) is 1.81. The Hall–Kier alpha value is -3.23. The number of anilines is 1. The molecular weight excluding hydrogens is 413 g/mol. The van der Waals surface area contributed by atoms with E-state index < -0.39 is 0 Å². The van der Waals surface area contributed by atoms with E-state index in [1.54, 1.807) is 18.9 Å². The number of aromatic nitrogens is 2. The number of halogens is 1. The first kappa shape index (κ1) is 22.0. The van der Waals surface area contributed by atoms with Gasteiger partial charge in [0.25, 0.3) is 5.91 Å². The van der Waals surface area contributed by atoms with Crippen molar-refractivity contribution in [1.29, 1.82) is 0 Å². The normalized spacial score (nSPS) is 18.2. The van der Waals surface area contributed by atoms with Crippen LogP contribution in [0, 0.1) is 5.82 Å². The maximum Gasteiger partial charge on any atom is 0.260 e. The number of nitrogens with one attached hydrogen (secondary N) is 1. The summed E-state index contributed by atoms with van der Waals surface area (Å²) >= 11 is 0. The molecule has 32 heavy (non-hydrogen) atoms. The molecule has 2 aliphatic heterocycles. The first-order chi connectivity index (χ1) is 15.5. The number of ether oxygens (including phenoxy) is 1. The van der Waals surface area contributed by atoms with Gasteiger partial charge in [-0.1, -0.05) is 0 Å². The van der Waals surface area contributed by atoms with Gasteiger partial charge in [-0.2, -0.15) is 0 Å². The zero-order valence-electron chi connectivity index (χ0n) is 18.4. The maximum atomic E-state index is 13.0. The smallest absolute Gasteiger partial charge is 0.260 e. The van der Waals surface area contributed by atoms with Gasteiger partial charge in [-0.25, -0.2) is 14.4 Å². The van der Waals surface area contributed by atoms with Crippen LogP contribution in [0.15, 0.2) is 24.3 Å². The minimum Gasteiger partial charge on any atom is -0.484 e. The molecule has 4 rings (SSSR count). The predicted molar refractivity (Wildman–Crippen MR) is 117 cm³/mol. The van der Waals surface area contributed by atoms with Crippen molar-refractivity contribution in [2.24, 2.45) is 0 Å². The second-order valence-electron chi connectivity index (χ2n) is 8.14. The molecular formula is C23H28FN5O3. The van der Waals surface area contributed by atoms with Crippen LogP contribution < -0.4 is 10.1 Å². The number of rotatable bonds is 5. The van der Waals surface area contributed by atoms with Crippen molar-refractivity contribution in [2.75, 3.05) is 32.1 Å². The number of nitrogens with zero attached hydrogens (tertiary/aromatic N) is 4. The topological polar surface area (TPSA) is 87.7 Å². The average Bonchev–Trinajstić information content (AvgIpc) is 2.82. The van der Waals surface area contributed by atoms with E-state index in [2.05, 4.69) is 5.32 Å². The van der Waals surface area contributed by atoms with Crippen LogP contribution in [0.5, 0.6) is 5.75 Å². The summed E-state index contributed by atoms with van der Waals surface area (Å²) in [6.45, 7) is 3.11. The van der Waals surface area contributed by atoms with Crippen LogP contribution in [0.3, 0.4) is 0 Å². The molecule has 8 nitrogen and oxygen atoms in total. The van der Waals surface area contributed by atoms with Crippen LogP contribution in [-0.2, 0) is 22.6 Å². The molecule has 1 fully saturated rings. The highest BCUT2D eigenvalue weighted by molar-refractivity contribution is 5.78. The Morgan fingerprint density at radius 3 is 2.69 bits per heavy atom. The van der Waals surface area contributed by atoms with Gasteiger partial charge in [-0.15, -0.1) is 0 Å². The Kier molecular flexibility index (Phi) is 6.53. The van der Waals surface area contributed by atoms with Crippen molar-refractivity contribution in [3.63, 3.8) is 0 Å². The maximum absolute atomic E-state index is 13.0. The van der Waals surface area contributed by atoms with Crippen LogP contribution in [-0.4, -0.2) is 58.3 Å². The number of benzene rings is 1. The largest absolute Gasteiger partial charge is 0.484 e. The van der Waals surface area contributed by atoms with Gasteiger partial charge < -0.3 is 19.9 Å². The molecule has 0 aliphatic carbocycles. The van der Waals surface area contributed by atoms with Crippen molar-refractivity contribution in [2.45, 2.75) is 45.2 Å². The molecule has 1 N–H and O–H groups in total. The minimum atomic E-state index is -0.352. The lowest BCUT2D eigenvalue weighted by atomic mass is 10.00. The molecule has 2 aliphatic rings. The molecule has 2 amide bonds. The molecule has 0 bridgehead atoms. The summed E-state index contributed by atoms with van der Waals surface area (Å²) in [4.78, 5) is 37.9. The van der Waals surface area contributed by atoms with E-state index >= 15 is 0 Å². The first-order valence-corrected chi connectivity index (χ1v) is 11.0. The second kappa shape index (κ2) is 9.50. The number of carbonyl (C=O) groups excluding carboxylic acids is 2. The molecule has 2 aromatic rings. The van der Waals surface area contributed by atoms with Gasteiger partial charge >= 0.3 is 0 Å². The summed E-state index contributed by atoms with van der Waals surface area (Å²) < 4.78 is 18.5. The number of fused-ring (bicyclic) bond motifs is 1. The molecule has 1 saturated heterocycles. The SMILES string of the molecule is CNc1nc([C@@H]2CCCCN2C(C)=O)nc2c1CN(C(=O)COc1ccc(F)cc1)CC2. The third-order valence-electron chi connectivity index (χ3n) is 6.05. The zero-order chi connectivity index (χ0) is 22.7. The van der Waals surface area contributed by atoms with Gasteiger partial charge in [-0.05, 0) is 43.5 Å². The van der Waals surface area contributed by atoms with Crippen molar-refractivity contribution < 1.29 is 18.7 Å². The Morgan fingerprint density at radius 2 is 1.97 bits per heavy atom. The summed E-state index contributed by atoms with van der Waals surface area (Å²) in [5.74, 6) is 1.35. The van der Waals surface area contributed by atoms with Crippen LogP contribution >= 0.6 is 0 Å². The van der Waals surface area contributed by atoms with E-state index in [4.69, 9.17) is 14.7 Å². The highest BCUT2D eigenvalue weighted by atomic mass is 19.1. The zero-order valence-corrected chi connectivity index (χ0v) is 18.4. The Bertz CT molecular complexity index is 981. The molecule has 0 spiro atoms. The summed E-state index contributed by atoms with van der Waals surface area (Å²) in [5, 5.41) is 3.14. The summed E-state index contributed by atoms with van der Waals surface area (Å²) in [6.07, 6.45) is 3.50. The van der Waals surface area contributed by atoms with Gasteiger partial charge in [0.2, 0.25) is 5.91 Å². The Labute approximate surface area is 186 Å². The van der Waals surface area contributed by atoms with E-state index in [0.717, 1.165) is 37.1 Å². The molecule has 0 unspecified atom stereocenters. The first-order valence-electron chi connectivity index (χ1n) is 11.0. The average molecular weight is 442 g/mol. The Balaban J connectivity index is 1.48. The molecule has 0 saturated carbocycles. The van der Waals surface area contributed by atoms with Crippen molar-refractivity contribution in [1.82, 2.24) is 19.8 Å². The molecule has 1 atom stereocenters. The van der Waals surface area contributed by atoms with Gasteiger partial charge in [-0.3, -0.25) is 9.59 Å². The molecule has 1 aromatic heterocycles. The fourth-order valence-corrected chi connectivity index (χ4v) is 4.35. The minimum absolute atomic E-state index is 0.0416. The third-order valence-corrected chi connectivity index (χ3v) is 6.05. The van der Waals surface area contributed by atoms with Crippen molar-refractivity contribution >= 4 is 17.6 Å². The van der Waals surface area contributed by atoms with Gasteiger partial charge in [0.1, 0.15) is 17.4 Å². The highest BCUT2D eigenvalue weighted by Crippen LogP contribution is 2.32. The van der Waals surface area contributed by atoms with E-state index in [1.165, 1.54) is 24.3 Å². The quantitative estimate of drug-likeness (QED) is 0.768. The number of hydrogen-bond acceptors (Lipinski definition) is 6. The molecule has 1 aromatic carbocycles. The van der Waals surface area contributed by atoms with E-state index in [0.29, 0.717) is 36.9 Å². The monoisotopic (exact) mass is 441 g/mol. The third kappa shape index (κ3) is 4.66. The van der Waals surface area contributed by atoms with E-state index in [1.807, 2.05) is 4.90 Å². The van der Waals surface area contributed by atoms with Gasteiger partial charge in [0.05, 0.1) is 18.3 Å². The van der Waals surface area contributed by atoms with Crippen LogP contribution in [0.1, 0.15) is 49.3 Å². The number of amides is 2. The fraction of sp³-hybridized carbons (Fsp3) is 0.478. The second-order valence-corrected chi connectivity index (χ2v) is 8.14. The molecule has 3 heterocycles. The number of piperidine rings is 1. The lowest BCUT2D eigenvalue weighted by Gasteiger charge is -2.35. The van der Waals surface area contributed by atoms with Crippen LogP contribution in [0.25, 0.3) is 0 Å². The number of hydrogen-bond donors (Lipinski definition) is 1. The highest BCUT2D eigenvalue weighted by Gasteiger charge is 2.31. The van der Waals surface area contributed by atoms with Gasteiger partial charge in [0, 0.05) is 39.0 Å². The van der Waals surface area contributed by atoms with Crippen LogP contribution in [0.4, 0.5) is 10.2 Å². The van der Waals surface area contributed by atoms with Crippen molar-refractivity contribution in [3.8, 4) is 5.75 Å². The predicted octanol–water partition coefficient (Wildman–Crippen LogP) is 2.69. The van der Waals surface area contributed by atoms with E-state index in [-0.39, 0.29) is 30.3 Å². The van der Waals surface area contributed by atoms with Gasteiger partial charge in [0.15, 0.2) is 12.4 Å². The number of carbonyl (C=O) groups is 2. The standard InChI is InChI=1S/C23H28FN5O3/c1-15(30)29-11-4-3-5-20(29)23-26-19-10-12-28(13-18(19)22(25-2)27-23)21(31)14-32-17-8-6-16(24)7-9-17/h6-9,20H,3-5,10-14H2,1-2H3,(H,25,26,27)/t20-/m0/s1. The molecule has 9 heteroatoms. The Morgan fingerprint density at radius 1 is 1.19 bits per heavy atom. The molecule has 0 radical (unpaired) electrons. The lowest BCUT2D eigenvalue weighted by molar-refractivity contribution is -0.134.